The Labute approximate surface area is 187 Å². The summed E-state index contributed by atoms with van der Waals surface area (Å²) in [6.45, 7) is 2.27. The van der Waals surface area contributed by atoms with Gasteiger partial charge in [-0.15, -0.1) is 13.2 Å². The number of likely N-dealkylation sites (tertiary alicyclic amines) is 1. The van der Waals surface area contributed by atoms with E-state index in [9.17, 15) is 13.2 Å². The second-order valence-electron chi connectivity index (χ2n) is 9.58. The Hall–Kier alpha value is -2.21. The highest BCUT2D eigenvalue weighted by Crippen LogP contribution is 2.48. The van der Waals surface area contributed by atoms with Crippen molar-refractivity contribution in [1.29, 1.82) is 0 Å². The summed E-state index contributed by atoms with van der Waals surface area (Å²) in [7, 11) is 1.70. The number of piperidine rings is 1. The molecule has 2 aromatic rings. The van der Waals surface area contributed by atoms with E-state index in [0.29, 0.717) is 5.92 Å². The minimum atomic E-state index is -4.68. The van der Waals surface area contributed by atoms with Gasteiger partial charge in [-0.05, 0) is 104 Å². The maximum atomic E-state index is 12.4. The standard InChI is InChI=1S/C26H30F3NO2/c1-31-25-9-6-20(18-4-7-22(8-5-18)32-26(27,28)29)16-23(25)19-10-12-30(13-11-19)24-15-17-2-3-21(24)14-17/h4-9,16-17,19,21,24H,2-3,10-15H2,1H3/t17-,21-,24-/m0/s1. The van der Waals surface area contributed by atoms with Crippen LogP contribution in [0, 0.1) is 11.8 Å². The van der Waals surface area contributed by atoms with Gasteiger partial charge in [0.25, 0.3) is 0 Å². The first kappa shape index (κ1) is 21.6. The second-order valence-corrected chi connectivity index (χ2v) is 9.58. The number of benzene rings is 2. The smallest absolute Gasteiger partial charge is 0.496 e. The summed E-state index contributed by atoms with van der Waals surface area (Å²) in [5.74, 6) is 3.01. The Morgan fingerprint density at radius 3 is 2.19 bits per heavy atom. The summed E-state index contributed by atoms with van der Waals surface area (Å²) < 4.78 is 47.0. The molecule has 2 aliphatic carbocycles. The third-order valence-electron chi connectivity index (χ3n) is 7.79. The van der Waals surface area contributed by atoms with Crippen molar-refractivity contribution in [1.82, 2.24) is 4.90 Å². The van der Waals surface area contributed by atoms with E-state index < -0.39 is 6.36 Å². The maximum Gasteiger partial charge on any atom is 0.573 e. The van der Waals surface area contributed by atoms with Gasteiger partial charge in [0.2, 0.25) is 0 Å². The number of alkyl halides is 3. The largest absolute Gasteiger partial charge is 0.573 e. The molecule has 0 unspecified atom stereocenters. The van der Waals surface area contributed by atoms with Crippen molar-refractivity contribution in [3.63, 3.8) is 0 Å². The molecule has 32 heavy (non-hydrogen) atoms. The Kier molecular flexibility index (Phi) is 5.82. The normalized spacial score (nSPS) is 26.4. The van der Waals surface area contributed by atoms with Gasteiger partial charge >= 0.3 is 6.36 Å². The SMILES string of the molecule is COc1ccc(-c2ccc(OC(F)(F)F)cc2)cc1C1CCN([C@H]2C[C@H]3CC[C@H]2C3)CC1. The molecule has 1 heterocycles. The maximum absolute atomic E-state index is 12.4. The topological polar surface area (TPSA) is 21.7 Å². The van der Waals surface area contributed by atoms with Gasteiger partial charge < -0.3 is 14.4 Å². The van der Waals surface area contributed by atoms with E-state index in [1.165, 1.54) is 43.4 Å². The molecule has 3 fully saturated rings. The van der Waals surface area contributed by atoms with Gasteiger partial charge in [-0.2, -0.15) is 0 Å². The average Bonchev–Trinajstić information content (AvgIpc) is 3.42. The average molecular weight is 446 g/mol. The first-order chi connectivity index (χ1) is 15.4. The molecule has 3 aliphatic rings. The van der Waals surface area contributed by atoms with Gasteiger partial charge in [-0.1, -0.05) is 24.6 Å². The molecule has 3 atom stereocenters. The van der Waals surface area contributed by atoms with Crippen LogP contribution in [-0.2, 0) is 0 Å². The van der Waals surface area contributed by atoms with E-state index in [0.717, 1.165) is 60.7 Å². The van der Waals surface area contributed by atoms with Crippen molar-refractivity contribution >= 4 is 0 Å². The predicted molar refractivity (Wildman–Crippen MR) is 118 cm³/mol. The summed E-state index contributed by atoms with van der Waals surface area (Å²) in [6, 6.07) is 13.0. The number of hydrogen-bond donors (Lipinski definition) is 0. The van der Waals surface area contributed by atoms with Gasteiger partial charge in [0, 0.05) is 6.04 Å². The first-order valence-corrected chi connectivity index (χ1v) is 11.7. The summed E-state index contributed by atoms with van der Waals surface area (Å²) >= 11 is 0. The number of halogens is 3. The molecule has 0 spiro atoms. The molecule has 0 amide bonds. The van der Waals surface area contributed by atoms with Gasteiger partial charge in [-0.3, -0.25) is 0 Å². The van der Waals surface area contributed by atoms with Crippen LogP contribution >= 0.6 is 0 Å². The lowest BCUT2D eigenvalue weighted by Crippen LogP contribution is -2.43. The molecule has 2 aromatic carbocycles. The van der Waals surface area contributed by atoms with E-state index in [1.807, 2.05) is 12.1 Å². The molecule has 5 rings (SSSR count). The summed E-state index contributed by atoms with van der Waals surface area (Å²) in [6.07, 6.45) is 3.23. The Morgan fingerprint density at radius 1 is 0.875 bits per heavy atom. The minimum Gasteiger partial charge on any atom is -0.496 e. The lowest BCUT2D eigenvalue weighted by Gasteiger charge is -2.40. The van der Waals surface area contributed by atoms with Crippen LogP contribution in [0.2, 0.25) is 0 Å². The van der Waals surface area contributed by atoms with Crippen molar-refractivity contribution in [2.45, 2.75) is 56.8 Å². The van der Waals surface area contributed by atoms with Gasteiger partial charge in [0.15, 0.2) is 0 Å². The van der Waals surface area contributed by atoms with E-state index >= 15 is 0 Å². The Balaban J connectivity index is 1.29. The molecule has 2 bridgehead atoms. The van der Waals surface area contributed by atoms with Crippen LogP contribution in [0.25, 0.3) is 11.1 Å². The van der Waals surface area contributed by atoms with Gasteiger partial charge in [0.05, 0.1) is 7.11 Å². The fourth-order valence-corrected chi connectivity index (χ4v) is 6.28. The number of nitrogens with zero attached hydrogens (tertiary/aromatic N) is 1. The fraction of sp³-hybridized carbons (Fsp3) is 0.538. The first-order valence-electron chi connectivity index (χ1n) is 11.7. The highest BCUT2D eigenvalue weighted by Gasteiger charge is 2.43. The van der Waals surface area contributed by atoms with Crippen molar-refractivity contribution in [3.8, 4) is 22.6 Å². The molecule has 1 saturated heterocycles. The van der Waals surface area contributed by atoms with Crippen LogP contribution < -0.4 is 9.47 Å². The Morgan fingerprint density at radius 2 is 1.59 bits per heavy atom. The second kappa shape index (κ2) is 8.62. The van der Waals surface area contributed by atoms with Crippen LogP contribution in [0.3, 0.4) is 0 Å². The van der Waals surface area contributed by atoms with Crippen LogP contribution in [-0.4, -0.2) is 37.5 Å². The Bertz CT molecular complexity index is 935. The molecule has 1 aliphatic heterocycles. The number of fused-ring (bicyclic) bond motifs is 2. The van der Waals surface area contributed by atoms with E-state index in [1.54, 1.807) is 19.2 Å². The molecule has 3 nitrogen and oxygen atoms in total. The molecule has 0 N–H and O–H groups in total. The summed E-state index contributed by atoms with van der Waals surface area (Å²) in [5, 5.41) is 0. The fourth-order valence-electron chi connectivity index (χ4n) is 6.28. The lowest BCUT2D eigenvalue weighted by atomic mass is 9.85. The monoisotopic (exact) mass is 445 g/mol. The van der Waals surface area contributed by atoms with Crippen LogP contribution in [0.4, 0.5) is 13.2 Å². The third-order valence-corrected chi connectivity index (χ3v) is 7.79. The van der Waals surface area contributed by atoms with Crippen molar-refractivity contribution in [2.75, 3.05) is 20.2 Å². The van der Waals surface area contributed by atoms with E-state index in [-0.39, 0.29) is 5.75 Å². The van der Waals surface area contributed by atoms with Crippen molar-refractivity contribution < 1.29 is 22.6 Å². The van der Waals surface area contributed by atoms with Gasteiger partial charge in [0.1, 0.15) is 11.5 Å². The third kappa shape index (κ3) is 4.47. The van der Waals surface area contributed by atoms with Crippen molar-refractivity contribution in [2.24, 2.45) is 11.8 Å². The number of methoxy groups -OCH3 is 1. The molecular formula is C26H30F3NO2. The molecule has 0 aromatic heterocycles. The molecular weight excluding hydrogens is 415 g/mol. The number of rotatable bonds is 5. The highest BCUT2D eigenvalue weighted by atomic mass is 19.4. The van der Waals surface area contributed by atoms with Gasteiger partial charge in [-0.25, -0.2) is 0 Å². The zero-order chi connectivity index (χ0) is 22.3. The number of hydrogen-bond acceptors (Lipinski definition) is 3. The molecule has 2 saturated carbocycles. The van der Waals surface area contributed by atoms with E-state index in [4.69, 9.17) is 4.74 Å². The molecule has 6 heteroatoms. The summed E-state index contributed by atoms with van der Waals surface area (Å²) in [5.41, 5.74) is 3.05. The van der Waals surface area contributed by atoms with E-state index in [2.05, 4.69) is 15.7 Å². The summed E-state index contributed by atoms with van der Waals surface area (Å²) in [4.78, 5) is 2.73. The predicted octanol–water partition coefficient (Wildman–Crippen LogP) is 6.63. The molecule has 172 valence electrons. The van der Waals surface area contributed by atoms with Crippen molar-refractivity contribution in [3.05, 3.63) is 48.0 Å². The zero-order valence-corrected chi connectivity index (χ0v) is 18.4. The number of ether oxygens (including phenoxy) is 2. The van der Waals surface area contributed by atoms with Crippen LogP contribution in [0.1, 0.15) is 50.0 Å². The lowest BCUT2D eigenvalue weighted by molar-refractivity contribution is -0.274. The quantitative estimate of drug-likeness (QED) is 0.516. The minimum absolute atomic E-state index is 0.206. The molecule has 0 radical (unpaired) electrons. The zero-order valence-electron chi connectivity index (χ0n) is 18.4. The van der Waals surface area contributed by atoms with Crippen LogP contribution in [0.5, 0.6) is 11.5 Å². The highest BCUT2D eigenvalue weighted by molar-refractivity contribution is 5.66. The van der Waals surface area contributed by atoms with Crippen LogP contribution in [0.15, 0.2) is 42.5 Å².